The fourth-order valence-corrected chi connectivity index (χ4v) is 3.02. The number of nitrogen functional groups attached to an aromatic ring is 1. The van der Waals surface area contributed by atoms with Gasteiger partial charge in [0.15, 0.2) is 0 Å². The van der Waals surface area contributed by atoms with Crippen molar-refractivity contribution in [3.05, 3.63) is 70.7 Å². The van der Waals surface area contributed by atoms with Crippen LogP contribution in [0.1, 0.15) is 0 Å². The summed E-state index contributed by atoms with van der Waals surface area (Å²) < 4.78 is 28.3. The van der Waals surface area contributed by atoms with E-state index in [1.54, 1.807) is 6.20 Å². The second kappa shape index (κ2) is 9.21. The molecule has 5 N–H and O–H groups in total. The van der Waals surface area contributed by atoms with Gasteiger partial charge in [0, 0.05) is 43.3 Å². The Morgan fingerprint density at radius 2 is 1.88 bits per heavy atom. The molecule has 0 spiro atoms. The van der Waals surface area contributed by atoms with Gasteiger partial charge in [-0.2, -0.15) is 0 Å². The van der Waals surface area contributed by atoms with Crippen molar-refractivity contribution in [1.29, 1.82) is 0 Å². The highest BCUT2D eigenvalue weighted by Crippen LogP contribution is 2.31. The van der Waals surface area contributed by atoms with E-state index in [-0.39, 0.29) is 28.7 Å². The van der Waals surface area contributed by atoms with Crippen molar-refractivity contribution in [2.75, 3.05) is 29.5 Å². The van der Waals surface area contributed by atoms with Crippen LogP contribution >= 0.6 is 0 Å². The molecule has 1 aromatic carbocycles. The molecule has 0 atom stereocenters. The first-order valence-corrected chi connectivity index (χ1v) is 9.63. The number of anilines is 3. The monoisotopic (exact) mass is 453 g/mol. The highest BCUT2D eigenvalue weighted by atomic mass is 19.1. The van der Waals surface area contributed by atoms with Crippen molar-refractivity contribution >= 4 is 23.3 Å². The maximum absolute atomic E-state index is 14.5. The zero-order valence-electron chi connectivity index (χ0n) is 16.9. The van der Waals surface area contributed by atoms with Gasteiger partial charge in [-0.15, -0.1) is 0 Å². The Kier molecular flexibility index (Phi) is 6.02. The number of H-pyrrole nitrogens is 1. The Hall–Kier alpha value is -4.68. The fourth-order valence-electron chi connectivity index (χ4n) is 3.02. The average molecular weight is 453 g/mol. The van der Waals surface area contributed by atoms with Crippen LogP contribution in [0, 0.1) is 21.7 Å². The van der Waals surface area contributed by atoms with E-state index < -0.39 is 16.6 Å². The van der Waals surface area contributed by atoms with E-state index in [0.29, 0.717) is 30.3 Å². The lowest BCUT2D eigenvalue weighted by Gasteiger charge is -2.12. The molecular formula is C20H17F2N9O2. The minimum Gasteiger partial charge on any atom is -0.378 e. The van der Waals surface area contributed by atoms with Crippen LogP contribution in [-0.2, 0) is 0 Å². The Balaban J connectivity index is 1.50. The topological polar surface area (TPSA) is 161 Å². The third-order valence-corrected chi connectivity index (χ3v) is 4.54. The van der Waals surface area contributed by atoms with E-state index in [0.717, 1.165) is 18.2 Å². The molecule has 168 valence electrons. The number of nitrogens with one attached hydrogen (secondary N) is 3. The second-order valence-corrected chi connectivity index (χ2v) is 6.73. The molecule has 4 aromatic rings. The highest BCUT2D eigenvalue weighted by molar-refractivity contribution is 5.78. The molecule has 13 heteroatoms. The molecule has 0 aliphatic heterocycles. The molecule has 0 aliphatic carbocycles. The molecule has 0 saturated carbocycles. The number of nitrogens with zero attached hydrogens (tertiary/aromatic N) is 5. The minimum absolute atomic E-state index is 0.0319. The molecule has 4 rings (SSSR count). The number of imidazole rings is 1. The number of halogens is 2. The number of rotatable bonds is 8. The Bertz CT molecular complexity index is 1300. The summed E-state index contributed by atoms with van der Waals surface area (Å²) in [6.07, 6.45) is 4.58. The maximum Gasteiger partial charge on any atom is 0.311 e. The van der Waals surface area contributed by atoms with Crippen LogP contribution in [0.25, 0.3) is 22.6 Å². The smallest absolute Gasteiger partial charge is 0.311 e. The van der Waals surface area contributed by atoms with E-state index >= 15 is 0 Å². The van der Waals surface area contributed by atoms with Crippen LogP contribution in [0.2, 0.25) is 0 Å². The zero-order valence-corrected chi connectivity index (χ0v) is 16.9. The third-order valence-electron chi connectivity index (χ3n) is 4.54. The number of hydrogen-bond acceptors (Lipinski definition) is 9. The van der Waals surface area contributed by atoms with Gasteiger partial charge in [-0.25, -0.2) is 28.7 Å². The summed E-state index contributed by atoms with van der Waals surface area (Å²) in [5.74, 6) is -0.500. The predicted octanol–water partition coefficient (Wildman–Crippen LogP) is 3.22. The summed E-state index contributed by atoms with van der Waals surface area (Å²) in [4.78, 5) is 29.8. The van der Waals surface area contributed by atoms with Crippen LogP contribution in [0.4, 0.5) is 32.1 Å². The van der Waals surface area contributed by atoms with Gasteiger partial charge in [-0.3, -0.25) is 10.1 Å². The number of nitrogens with two attached hydrogens (primary N) is 1. The first-order valence-electron chi connectivity index (χ1n) is 9.63. The predicted molar refractivity (Wildman–Crippen MR) is 117 cm³/mol. The lowest BCUT2D eigenvalue weighted by molar-refractivity contribution is -0.384. The average Bonchev–Trinajstić information content (AvgIpc) is 3.33. The molecule has 0 fully saturated rings. The van der Waals surface area contributed by atoms with Gasteiger partial charge in [0.2, 0.25) is 11.8 Å². The maximum atomic E-state index is 14.5. The first kappa shape index (κ1) is 21.5. The largest absolute Gasteiger partial charge is 0.378 e. The van der Waals surface area contributed by atoms with Crippen LogP contribution in [-0.4, -0.2) is 42.9 Å². The Morgan fingerprint density at radius 1 is 1.06 bits per heavy atom. The molecule has 33 heavy (non-hydrogen) atoms. The SMILES string of the molecule is Nc1nc(NCCNc2ncc(-c3ncc[nH]3)c(-c3cc(F)ccc3F)n2)ccc1[N+](=O)[O-]. The Morgan fingerprint density at radius 3 is 2.61 bits per heavy atom. The van der Waals surface area contributed by atoms with Gasteiger partial charge in [0.05, 0.1) is 16.2 Å². The van der Waals surface area contributed by atoms with Gasteiger partial charge >= 0.3 is 5.69 Å². The van der Waals surface area contributed by atoms with Gasteiger partial charge in [-0.1, -0.05) is 0 Å². The van der Waals surface area contributed by atoms with Gasteiger partial charge in [-0.05, 0) is 24.3 Å². The normalized spacial score (nSPS) is 10.7. The van der Waals surface area contributed by atoms with Crippen molar-refractivity contribution in [1.82, 2.24) is 24.9 Å². The first-order chi connectivity index (χ1) is 15.9. The molecule has 0 radical (unpaired) electrons. The van der Waals surface area contributed by atoms with Crippen molar-refractivity contribution in [3.63, 3.8) is 0 Å². The quantitative estimate of drug-likeness (QED) is 0.178. The van der Waals surface area contributed by atoms with Crippen molar-refractivity contribution < 1.29 is 13.7 Å². The highest BCUT2D eigenvalue weighted by Gasteiger charge is 2.17. The molecule has 0 aliphatic rings. The van der Waals surface area contributed by atoms with Gasteiger partial charge in [0.1, 0.15) is 23.3 Å². The summed E-state index contributed by atoms with van der Waals surface area (Å²) in [5, 5.41) is 16.7. The molecule has 3 heterocycles. The van der Waals surface area contributed by atoms with Crippen LogP contribution in [0.15, 0.2) is 48.9 Å². The number of hydrogen-bond donors (Lipinski definition) is 4. The molecule has 0 saturated heterocycles. The van der Waals surface area contributed by atoms with Crippen molar-refractivity contribution in [3.8, 4) is 22.6 Å². The minimum atomic E-state index is -0.641. The summed E-state index contributed by atoms with van der Waals surface area (Å²) in [6, 6.07) is 5.80. The van der Waals surface area contributed by atoms with E-state index in [1.165, 1.54) is 24.5 Å². The number of aromatic amines is 1. The van der Waals surface area contributed by atoms with E-state index in [4.69, 9.17) is 5.73 Å². The fraction of sp³-hybridized carbons (Fsp3) is 0.100. The molecule has 0 unspecified atom stereocenters. The molecule has 0 amide bonds. The number of benzene rings is 1. The lowest BCUT2D eigenvalue weighted by atomic mass is 10.1. The molecular weight excluding hydrogens is 436 g/mol. The number of aromatic nitrogens is 5. The molecule has 3 aromatic heterocycles. The molecule has 0 bridgehead atoms. The summed E-state index contributed by atoms with van der Waals surface area (Å²) in [5.41, 5.74) is 5.83. The van der Waals surface area contributed by atoms with Crippen LogP contribution in [0.3, 0.4) is 0 Å². The number of pyridine rings is 1. The van der Waals surface area contributed by atoms with E-state index in [9.17, 15) is 18.9 Å². The number of nitro groups is 1. The summed E-state index contributed by atoms with van der Waals surface area (Å²) in [6.45, 7) is 0.668. The van der Waals surface area contributed by atoms with Gasteiger partial charge in [0.25, 0.3) is 0 Å². The van der Waals surface area contributed by atoms with Crippen molar-refractivity contribution in [2.45, 2.75) is 0 Å². The second-order valence-electron chi connectivity index (χ2n) is 6.73. The van der Waals surface area contributed by atoms with Gasteiger partial charge < -0.3 is 21.4 Å². The third kappa shape index (κ3) is 4.81. The molecule has 11 nitrogen and oxygen atoms in total. The van der Waals surface area contributed by atoms with Crippen molar-refractivity contribution in [2.24, 2.45) is 0 Å². The summed E-state index contributed by atoms with van der Waals surface area (Å²) in [7, 11) is 0. The van der Waals surface area contributed by atoms with E-state index in [1.807, 2.05) is 0 Å². The summed E-state index contributed by atoms with van der Waals surface area (Å²) >= 11 is 0. The van der Waals surface area contributed by atoms with Crippen LogP contribution in [0.5, 0.6) is 0 Å². The zero-order chi connectivity index (χ0) is 23.4. The van der Waals surface area contributed by atoms with E-state index in [2.05, 4.69) is 35.6 Å². The Labute approximate surface area is 185 Å². The van der Waals surface area contributed by atoms with Crippen LogP contribution < -0.4 is 16.4 Å². The standard InChI is InChI=1S/C20H17F2N9O2/c21-11-1-2-14(22)12(9-11)17-13(19-25-6-7-26-19)10-28-20(30-17)27-8-5-24-16-4-3-15(31(32)33)18(23)29-16/h1-4,6-7,9-10H,5,8H2,(H,25,26)(H3,23,24,29)(H,27,28,30). The lowest BCUT2D eigenvalue weighted by Crippen LogP contribution is -2.16.